The molecule has 2 rings (SSSR count). The second kappa shape index (κ2) is 5.97. The normalized spacial score (nSPS) is 16.9. The summed E-state index contributed by atoms with van der Waals surface area (Å²) in [6, 6.07) is 3.56. The molecule has 7 heteroatoms. The summed E-state index contributed by atoms with van der Waals surface area (Å²) in [6.45, 7) is 1.28. The van der Waals surface area contributed by atoms with Crippen LogP contribution in [0.3, 0.4) is 0 Å². The zero-order valence-electron chi connectivity index (χ0n) is 10.7. The Kier molecular flexibility index (Phi) is 4.49. The Morgan fingerprint density at radius 2 is 1.95 bits per heavy atom. The van der Waals surface area contributed by atoms with Gasteiger partial charge in [0.25, 0.3) is 0 Å². The van der Waals surface area contributed by atoms with Gasteiger partial charge in [0.1, 0.15) is 4.99 Å². The molecule has 1 fully saturated rings. The fraction of sp³-hybridized carbons (Fsp3) is 0.462. The highest BCUT2D eigenvalue weighted by Crippen LogP contribution is 2.32. The van der Waals surface area contributed by atoms with E-state index in [2.05, 4.69) is 5.32 Å². The maximum absolute atomic E-state index is 12.7. The minimum Gasteiger partial charge on any atom is -0.389 e. The lowest BCUT2D eigenvalue weighted by Gasteiger charge is -2.25. The van der Waals surface area contributed by atoms with Crippen LogP contribution in [0.4, 0.5) is 18.9 Å². The Hall–Kier alpha value is -1.34. The predicted molar refractivity (Wildman–Crippen MR) is 74.8 cm³/mol. The molecule has 0 aliphatic carbocycles. The summed E-state index contributed by atoms with van der Waals surface area (Å²) in [5.74, 6) is 0. The van der Waals surface area contributed by atoms with Crippen LogP contribution < -0.4 is 11.1 Å². The standard InChI is InChI=1S/C13H15F3N2OS/c14-13(15,16)8-1-2-11(10(7-8)12(17)20)18-9-3-5-19-6-4-9/h1-2,7,9,18H,3-6H2,(H2,17,20). The maximum Gasteiger partial charge on any atom is 0.416 e. The van der Waals surface area contributed by atoms with E-state index < -0.39 is 11.7 Å². The third kappa shape index (κ3) is 3.61. The fourth-order valence-corrected chi connectivity index (χ4v) is 2.28. The molecule has 1 aromatic carbocycles. The molecule has 0 unspecified atom stereocenters. The average Bonchev–Trinajstić information content (AvgIpc) is 2.38. The molecule has 0 radical (unpaired) electrons. The lowest BCUT2D eigenvalue weighted by atomic mass is 10.0. The molecule has 1 heterocycles. The molecule has 1 aliphatic heterocycles. The minimum absolute atomic E-state index is 0.0503. The SMILES string of the molecule is NC(=S)c1cc(C(F)(F)F)ccc1NC1CCOCC1. The number of hydrogen-bond acceptors (Lipinski definition) is 3. The minimum atomic E-state index is -4.41. The number of anilines is 1. The van der Waals surface area contributed by atoms with Crippen molar-refractivity contribution in [1.82, 2.24) is 0 Å². The molecular weight excluding hydrogens is 289 g/mol. The number of benzene rings is 1. The van der Waals surface area contributed by atoms with Crippen LogP contribution in [0, 0.1) is 0 Å². The second-order valence-corrected chi connectivity index (χ2v) is 5.09. The van der Waals surface area contributed by atoms with E-state index in [9.17, 15) is 13.2 Å². The number of alkyl halides is 3. The number of halogens is 3. The lowest BCUT2D eigenvalue weighted by molar-refractivity contribution is -0.137. The first-order valence-electron chi connectivity index (χ1n) is 6.23. The van der Waals surface area contributed by atoms with Gasteiger partial charge in [0, 0.05) is 30.5 Å². The van der Waals surface area contributed by atoms with E-state index in [1.54, 1.807) is 0 Å². The van der Waals surface area contributed by atoms with Crippen LogP contribution in [0.15, 0.2) is 18.2 Å². The molecule has 20 heavy (non-hydrogen) atoms. The summed E-state index contributed by atoms with van der Waals surface area (Å²) in [4.78, 5) is -0.0503. The summed E-state index contributed by atoms with van der Waals surface area (Å²) in [5, 5.41) is 3.19. The van der Waals surface area contributed by atoms with Gasteiger partial charge in [-0.2, -0.15) is 13.2 Å². The Bertz CT molecular complexity index is 499. The summed E-state index contributed by atoms with van der Waals surface area (Å²) in [6.07, 6.45) is -2.80. The van der Waals surface area contributed by atoms with Crippen molar-refractivity contribution < 1.29 is 17.9 Å². The first-order chi connectivity index (χ1) is 9.38. The zero-order valence-corrected chi connectivity index (χ0v) is 11.5. The molecule has 0 amide bonds. The van der Waals surface area contributed by atoms with E-state index >= 15 is 0 Å². The van der Waals surface area contributed by atoms with Gasteiger partial charge in [-0.15, -0.1) is 0 Å². The third-order valence-corrected chi connectivity index (χ3v) is 3.41. The lowest BCUT2D eigenvalue weighted by Crippen LogP contribution is -2.29. The van der Waals surface area contributed by atoms with Crippen molar-refractivity contribution in [2.45, 2.75) is 25.1 Å². The van der Waals surface area contributed by atoms with Gasteiger partial charge < -0.3 is 15.8 Å². The molecule has 0 saturated carbocycles. The fourth-order valence-electron chi connectivity index (χ4n) is 2.11. The van der Waals surface area contributed by atoms with E-state index in [1.807, 2.05) is 0 Å². The van der Waals surface area contributed by atoms with Gasteiger partial charge in [0.05, 0.1) is 5.56 Å². The van der Waals surface area contributed by atoms with Crippen molar-refractivity contribution >= 4 is 22.9 Å². The highest BCUT2D eigenvalue weighted by atomic mass is 32.1. The van der Waals surface area contributed by atoms with Gasteiger partial charge in [-0.25, -0.2) is 0 Å². The zero-order chi connectivity index (χ0) is 14.8. The number of hydrogen-bond donors (Lipinski definition) is 2. The monoisotopic (exact) mass is 304 g/mol. The van der Waals surface area contributed by atoms with Gasteiger partial charge in [-0.3, -0.25) is 0 Å². The van der Waals surface area contributed by atoms with Gasteiger partial charge in [-0.05, 0) is 31.0 Å². The van der Waals surface area contributed by atoms with Crippen LogP contribution >= 0.6 is 12.2 Å². The molecule has 0 atom stereocenters. The van der Waals surface area contributed by atoms with Crippen LogP contribution in [0.2, 0.25) is 0 Å². The van der Waals surface area contributed by atoms with Crippen molar-refractivity contribution in [2.24, 2.45) is 5.73 Å². The van der Waals surface area contributed by atoms with Crippen molar-refractivity contribution in [1.29, 1.82) is 0 Å². The van der Waals surface area contributed by atoms with E-state index in [-0.39, 0.29) is 16.6 Å². The molecular formula is C13H15F3N2OS. The third-order valence-electron chi connectivity index (χ3n) is 3.19. The van der Waals surface area contributed by atoms with E-state index in [1.165, 1.54) is 6.07 Å². The molecule has 3 nitrogen and oxygen atoms in total. The Labute approximate surface area is 120 Å². The van der Waals surface area contributed by atoms with Gasteiger partial charge in [0.2, 0.25) is 0 Å². The van der Waals surface area contributed by atoms with Crippen molar-refractivity contribution in [3.8, 4) is 0 Å². The van der Waals surface area contributed by atoms with Gasteiger partial charge >= 0.3 is 6.18 Å². The number of nitrogens with one attached hydrogen (secondary N) is 1. The molecule has 110 valence electrons. The summed E-state index contributed by atoms with van der Waals surface area (Å²) < 4.78 is 43.3. The first-order valence-corrected chi connectivity index (χ1v) is 6.64. The van der Waals surface area contributed by atoms with Crippen molar-refractivity contribution in [3.05, 3.63) is 29.3 Å². The van der Waals surface area contributed by atoms with Crippen LogP contribution in [-0.2, 0) is 10.9 Å². The molecule has 3 N–H and O–H groups in total. The van der Waals surface area contributed by atoms with Crippen LogP contribution in [0.1, 0.15) is 24.0 Å². The summed E-state index contributed by atoms with van der Waals surface area (Å²) >= 11 is 4.85. The molecule has 1 aliphatic rings. The molecule has 0 spiro atoms. The Morgan fingerprint density at radius 1 is 1.30 bits per heavy atom. The highest BCUT2D eigenvalue weighted by molar-refractivity contribution is 7.80. The molecule has 0 aromatic heterocycles. The van der Waals surface area contributed by atoms with Crippen molar-refractivity contribution in [3.63, 3.8) is 0 Å². The Morgan fingerprint density at radius 3 is 2.50 bits per heavy atom. The molecule has 1 saturated heterocycles. The Balaban J connectivity index is 2.25. The van der Waals surface area contributed by atoms with Crippen LogP contribution in [0.5, 0.6) is 0 Å². The van der Waals surface area contributed by atoms with Crippen LogP contribution in [0.25, 0.3) is 0 Å². The number of rotatable bonds is 3. The predicted octanol–water partition coefficient (Wildman–Crippen LogP) is 2.93. The topological polar surface area (TPSA) is 47.3 Å². The quantitative estimate of drug-likeness (QED) is 0.843. The van der Waals surface area contributed by atoms with Gasteiger partial charge in [0.15, 0.2) is 0 Å². The molecule has 1 aromatic rings. The van der Waals surface area contributed by atoms with Gasteiger partial charge in [-0.1, -0.05) is 12.2 Å². The van der Waals surface area contributed by atoms with Crippen molar-refractivity contribution in [2.75, 3.05) is 18.5 Å². The largest absolute Gasteiger partial charge is 0.416 e. The summed E-state index contributed by atoms with van der Waals surface area (Å²) in [5.41, 5.74) is 5.54. The smallest absolute Gasteiger partial charge is 0.389 e. The summed E-state index contributed by atoms with van der Waals surface area (Å²) in [7, 11) is 0. The number of ether oxygens (including phenoxy) is 1. The molecule has 0 bridgehead atoms. The number of nitrogens with two attached hydrogens (primary N) is 1. The van der Waals surface area contributed by atoms with E-state index in [0.717, 1.165) is 25.0 Å². The van der Waals surface area contributed by atoms with Crippen LogP contribution in [-0.4, -0.2) is 24.2 Å². The highest BCUT2D eigenvalue weighted by Gasteiger charge is 2.31. The maximum atomic E-state index is 12.7. The van der Waals surface area contributed by atoms with E-state index in [0.29, 0.717) is 18.9 Å². The second-order valence-electron chi connectivity index (χ2n) is 4.65. The number of thiocarbonyl (C=S) groups is 1. The average molecular weight is 304 g/mol. The first kappa shape index (κ1) is 15.1. The van der Waals surface area contributed by atoms with E-state index in [4.69, 9.17) is 22.7 Å².